The second-order valence-electron chi connectivity index (χ2n) is 9.60. The maximum atomic E-state index is 2.70. The maximum absolute atomic E-state index is 2.70. The van der Waals surface area contributed by atoms with E-state index >= 15 is 0 Å². The van der Waals surface area contributed by atoms with E-state index in [2.05, 4.69) is 74.6 Å². The van der Waals surface area contributed by atoms with Crippen LogP contribution in [0.25, 0.3) is 0 Å². The highest BCUT2D eigenvalue weighted by molar-refractivity contribution is 14.1. The second kappa shape index (κ2) is 5.72. The van der Waals surface area contributed by atoms with E-state index in [0.717, 1.165) is 24.2 Å². The zero-order valence-electron chi connectivity index (χ0n) is 15.9. The van der Waals surface area contributed by atoms with E-state index in [0.29, 0.717) is 10.8 Å². The Bertz CT molecular complexity index is 626. The smallest absolute Gasteiger partial charge is 0.0275 e. The van der Waals surface area contributed by atoms with E-state index in [1.807, 2.05) is 0 Å². The summed E-state index contributed by atoms with van der Waals surface area (Å²) in [7, 11) is 0. The van der Waals surface area contributed by atoms with Crippen LogP contribution in [0, 0.1) is 34.0 Å². The minimum absolute atomic E-state index is 0.244. The largest absolute Gasteiger partial charge is 0.0864 e. The third kappa shape index (κ3) is 2.09. The minimum atomic E-state index is 0.244. The Morgan fingerprint density at radius 1 is 1.21 bits per heavy atom. The molecule has 0 unspecified atom stereocenters. The van der Waals surface area contributed by atoms with Gasteiger partial charge < -0.3 is 0 Å². The number of halogens is 1. The minimum Gasteiger partial charge on any atom is -0.0864 e. The molecule has 0 amide bonds. The number of alkyl halides is 1. The molecule has 0 spiro atoms. The summed E-state index contributed by atoms with van der Waals surface area (Å²) in [6, 6.07) is 0. The highest BCUT2D eigenvalue weighted by Gasteiger charge is 2.61. The first-order valence-electron chi connectivity index (χ1n) is 10.0. The molecule has 0 aromatic carbocycles. The summed E-state index contributed by atoms with van der Waals surface area (Å²) in [4.78, 5) is 0. The van der Waals surface area contributed by atoms with Crippen LogP contribution in [0.2, 0.25) is 0 Å². The summed E-state index contributed by atoms with van der Waals surface area (Å²) < 4.78 is 1.30. The highest BCUT2D eigenvalue weighted by Crippen LogP contribution is 2.70. The van der Waals surface area contributed by atoms with Gasteiger partial charge in [-0.15, -0.1) is 0 Å². The van der Waals surface area contributed by atoms with E-state index in [9.17, 15) is 0 Å². The molecule has 2 saturated carbocycles. The van der Waals surface area contributed by atoms with E-state index < -0.39 is 0 Å². The highest BCUT2D eigenvalue weighted by atomic mass is 127. The number of hydrogen-bond acceptors (Lipinski definition) is 0. The van der Waals surface area contributed by atoms with Gasteiger partial charge in [-0.2, -0.15) is 0 Å². The molecular formula is C23H33I. The third-order valence-electron chi connectivity index (χ3n) is 9.01. The first-order valence-corrected chi connectivity index (χ1v) is 11.5. The zero-order valence-corrected chi connectivity index (χ0v) is 18.0. The van der Waals surface area contributed by atoms with Crippen LogP contribution < -0.4 is 0 Å². The molecule has 0 aliphatic heterocycles. The van der Waals surface area contributed by atoms with Gasteiger partial charge in [0.15, 0.2) is 0 Å². The molecule has 6 atom stereocenters. The first-order chi connectivity index (χ1) is 11.4. The van der Waals surface area contributed by atoms with Crippen LogP contribution in [0.4, 0.5) is 0 Å². The van der Waals surface area contributed by atoms with Crippen molar-refractivity contribution in [1.82, 2.24) is 0 Å². The van der Waals surface area contributed by atoms with Crippen molar-refractivity contribution >= 4 is 22.6 Å². The average Bonchev–Trinajstić information content (AvgIpc) is 2.75. The Labute approximate surface area is 162 Å². The lowest BCUT2D eigenvalue weighted by Gasteiger charge is -2.55. The number of allylic oxidation sites excluding steroid dienone is 6. The van der Waals surface area contributed by atoms with Crippen molar-refractivity contribution in [3.05, 3.63) is 35.5 Å². The molecular weight excluding hydrogens is 403 g/mol. The van der Waals surface area contributed by atoms with Gasteiger partial charge in [0.25, 0.3) is 0 Å². The van der Waals surface area contributed by atoms with E-state index in [4.69, 9.17) is 0 Å². The van der Waals surface area contributed by atoms with Gasteiger partial charge in [0, 0.05) is 9.84 Å². The Kier molecular flexibility index (Phi) is 4.14. The van der Waals surface area contributed by atoms with Crippen LogP contribution in [0.1, 0.15) is 66.2 Å². The molecule has 0 aromatic heterocycles. The van der Waals surface area contributed by atoms with Gasteiger partial charge in [0.1, 0.15) is 0 Å². The van der Waals surface area contributed by atoms with Crippen LogP contribution in [-0.2, 0) is 0 Å². The van der Waals surface area contributed by atoms with Gasteiger partial charge in [0.05, 0.1) is 0 Å². The Morgan fingerprint density at radius 3 is 2.75 bits per heavy atom. The molecule has 4 aliphatic carbocycles. The number of fused-ring (bicyclic) bond motifs is 5. The molecule has 4 rings (SSSR count). The Balaban J connectivity index is 1.76. The molecule has 2 fully saturated rings. The molecule has 1 heteroatoms. The maximum Gasteiger partial charge on any atom is 0.0275 e. The fourth-order valence-electron chi connectivity index (χ4n) is 7.04. The van der Waals surface area contributed by atoms with E-state index in [1.165, 1.54) is 36.5 Å². The van der Waals surface area contributed by atoms with Crippen LogP contribution >= 0.6 is 22.6 Å². The number of rotatable bonds is 2. The topological polar surface area (TPSA) is 0 Å². The molecule has 0 nitrogen and oxygen atoms in total. The summed E-state index contributed by atoms with van der Waals surface area (Å²) in [5.74, 6) is 2.59. The van der Waals surface area contributed by atoms with Crippen LogP contribution in [-0.4, -0.2) is 4.43 Å². The lowest BCUT2D eigenvalue weighted by atomic mass is 9.49. The second-order valence-corrected chi connectivity index (χ2v) is 10.7. The van der Waals surface area contributed by atoms with Gasteiger partial charge >= 0.3 is 0 Å². The van der Waals surface area contributed by atoms with Crippen LogP contribution in [0.5, 0.6) is 0 Å². The molecule has 24 heavy (non-hydrogen) atoms. The monoisotopic (exact) mass is 436 g/mol. The van der Waals surface area contributed by atoms with Crippen LogP contribution in [0.15, 0.2) is 35.5 Å². The molecule has 132 valence electrons. The van der Waals surface area contributed by atoms with Crippen molar-refractivity contribution in [2.75, 3.05) is 4.43 Å². The van der Waals surface area contributed by atoms with Crippen molar-refractivity contribution in [2.45, 2.75) is 66.2 Å². The molecule has 0 N–H and O–H groups in total. The lowest BCUT2D eigenvalue weighted by molar-refractivity contribution is 0.0143. The van der Waals surface area contributed by atoms with E-state index in [1.54, 1.807) is 11.1 Å². The number of hydrogen-bond donors (Lipinski definition) is 0. The first kappa shape index (κ1) is 17.4. The summed E-state index contributed by atoms with van der Waals surface area (Å²) >= 11 is 2.60. The van der Waals surface area contributed by atoms with Gasteiger partial charge in [-0.25, -0.2) is 0 Å². The fraction of sp³-hybridized carbons (Fsp3) is 0.739. The third-order valence-corrected chi connectivity index (χ3v) is 9.55. The fourth-order valence-corrected chi connectivity index (χ4v) is 8.16. The van der Waals surface area contributed by atoms with Crippen LogP contribution in [0.3, 0.4) is 0 Å². The van der Waals surface area contributed by atoms with Gasteiger partial charge in [0.2, 0.25) is 0 Å². The van der Waals surface area contributed by atoms with Gasteiger partial charge in [-0.1, -0.05) is 78.8 Å². The molecule has 0 aromatic rings. The van der Waals surface area contributed by atoms with Crippen molar-refractivity contribution in [3.8, 4) is 0 Å². The van der Waals surface area contributed by atoms with Gasteiger partial charge in [-0.05, 0) is 74.0 Å². The Hall–Kier alpha value is -0.0500. The van der Waals surface area contributed by atoms with Crippen molar-refractivity contribution in [2.24, 2.45) is 34.0 Å². The standard InChI is InChI=1S/C23H33I/c1-16-15-20-18-9-8-17-7-5-6-11-21(17,2)19(18)10-12-23(20,4)22(16,3)13-14-24/h6-7,10-11,16,18,20H,5,8-9,12-15H2,1-4H3/t16-,18-,20+,21+,22+,23+/m1/s1. The summed E-state index contributed by atoms with van der Waals surface area (Å²) in [5.41, 5.74) is 4.75. The predicted octanol–water partition coefficient (Wildman–Crippen LogP) is 7.11. The quantitative estimate of drug-likeness (QED) is 0.246. The van der Waals surface area contributed by atoms with E-state index in [-0.39, 0.29) is 5.41 Å². The van der Waals surface area contributed by atoms with Crippen molar-refractivity contribution in [3.63, 3.8) is 0 Å². The average molecular weight is 436 g/mol. The SMILES string of the molecule is C[C@@H]1C[C@H]2[C@@H]3CCC4=CCC=C[C@]4(C)C3=CC[C@]2(C)[C@@]1(C)CCI. The molecule has 4 aliphatic rings. The lowest BCUT2D eigenvalue weighted by Crippen LogP contribution is -2.46. The summed E-state index contributed by atoms with van der Waals surface area (Å²) in [5, 5.41) is 0. The molecule has 0 radical (unpaired) electrons. The molecule has 0 saturated heterocycles. The zero-order chi connectivity index (χ0) is 17.2. The van der Waals surface area contributed by atoms with Crippen molar-refractivity contribution < 1.29 is 0 Å². The summed E-state index contributed by atoms with van der Waals surface area (Å²) in [6.45, 7) is 10.3. The summed E-state index contributed by atoms with van der Waals surface area (Å²) in [6.07, 6.45) is 18.2. The van der Waals surface area contributed by atoms with Gasteiger partial charge in [-0.3, -0.25) is 0 Å². The Morgan fingerprint density at radius 2 is 2.00 bits per heavy atom. The molecule has 0 heterocycles. The normalized spacial score (nSPS) is 49.8. The van der Waals surface area contributed by atoms with Crippen molar-refractivity contribution in [1.29, 1.82) is 0 Å². The predicted molar refractivity (Wildman–Crippen MR) is 112 cm³/mol. The molecule has 0 bridgehead atoms.